The number of hydrogen-bond acceptors (Lipinski definition) is 2. The van der Waals surface area contributed by atoms with Crippen molar-refractivity contribution in [2.24, 2.45) is 4.99 Å². The van der Waals surface area contributed by atoms with E-state index in [9.17, 15) is 4.39 Å². The quantitative estimate of drug-likeness (QED) is 0.785. The molecule has 0 N–H and O–H groups in total. The number of nitrogens with zero attached hydrogens (tertiary/aromatic N) is 2. The van der Waals surface area contributed by atoms with Gasteiger partial charge in [-0.25, -0.2) is 9.38 Å². The average Bonchev–Trinajstić information content (AvgIpc) is 3.10. The van der Waals surface area contributed by atoms with Gasteiger partial charge in [-0.05, 0) is 31.9 Å². The summed E-state index contributed by atoms with van der Waals surface area (Å²) >= 11 is 7.25. The third-order valence-corrected chi connectivity index (χ3v) is 4.23. The number of aryl methyl sites for hydroxylation is 1. The number of thiazole rings is 1. The summed E-state index contributed by atoms with van der Waals surface area (Å²) in [5.74, 6) is -0.427. The van der Waals surface area contributed by atoms with E-state index in [1.54, 1.807) is 17.4 Å². The summed E-state index contributed by atoms with van der Waals surface area (Å²) in [4.78, 5) is 5.44. The van der Waals surface area contributed by atoms with Gasteiger partial charge in [-0.1, -0.05) is 11.6 Å². The van der Waals surface area contributed by atoms with Crippen molar-refractivity contribution in [3.8, 4) is 0 Å². The average molecular weight is 283 g/mol. The molecule has 1 aliphatic rings. The molecular weight excluding hydrogens is 271 g/mol. The van der Waals surface area contributed by atoms with Crippen molar-refractivity contribution in [1.29, 1.82) is 0 Å². The molecule has 0 bridgehead atoms. The molecule has 0 unspecified atom stereocenters. The van der Waals surface area contributed by atoms with Gasteiger partial charge in [-0.3, -0.25) is 0 Å². The Balaban J connectivity index is 2.08. The van der Waals surface area contributed by atoms with Crippen molar-refractivity contribution in [2.75, 3.05) is 0 Å². The van der Waals surface area contributed by atoms with Crippen LogP contribution in [0.4, 0.5) is 10.1 Å². The topological polar surface area (TPSA) is 17.3 Å². The molecule has 1 saturated carbocycles. The zero-order valence-electron chi connectivity index (χ0n) is 9.86. The van der Waals surface area contributed by atoms with Crippen LogP contribution in [0, 0.1) is 12.7 Å². The minimum atomic E-state index is -0.427. The van der Waals surface area contributed by atoms with Gasteiger partial charge in [0.1, 0.15) is 5.82 Å². The molecule has 5 heteroatoms. The molecule has 1 heterocycles. The van der Waals surface area contributed by atoms with E-state index in [-0.39, 0.29) is 5.02 Å². The largest absolute Gasteiger partial charge is 0.318 e. The fourth-order valence-electron chi connectivity index (χ4n) is 1.92. The molecule has 0 amide bonds. The van der Waals surface area contributed by atoms with E-state index in [0.717, 1.165) is 4.80 Å². The van der Waals surface area contributed by atoms with E-state index >= 15 is 0 Å². The lowest BCUT2D eigenvalue weighted by molar-refractivity contribution is 0.628. The molecular formula is C13H12ClFN2S. The van der Waals surface area contributed by atoms with Crippen LogP contribution in [0.2, 0.25) is 5.02 Å². The zero-order chi connectivity index (χ0) is 12.7. The molecule has 0 atom stereocenters. The van der Waals surface area contributed by atoms with Crippen molar-refractivity contribution in [3.63, 3.8) is 0 Å². The monoisotopic (exact) mass is 282 g/mol. The summed E-state index contributed by atoms with van der Waals surface area (Å²) in [5, 5.41) is 2.22. The highest BCUT2D eigenvalue weighted by molar-refractivity contribution is 7.07. The Bertz CT molecular complexity index is 655. The van der Waals surface area contributed by atoms with Crippen LogP contribution in [-0.4, -0.2) is 4.57 Å². The molecule has 2 aromatic rings. The normalized spacial score (nSPS) is 16.3. The smallest absolute Gasteiger partial charge is 0.190 e. The van der Waals surface area contributed by atoms with Crippen molar-refractivity contribution >= 4 is 28.6 Å². The van der Waals surface area contributed by atoms with Gasteiger partial charge in [0.05, 0.1) is 10.7 Å². The van der Waals surface area contributed by atoms with Crippen LogP contribution >= 0.6 is 22.9 Å². The molecule has 18 heavy (non-hydrogen) atoms. The fraction of sp³-hybridized carbons (Fsp3) is 0.308. The van der Waals surface area contributed by atoms with E-state index in [0.29, 0.717) is 11.7 Å². The lowest BCUT2D eigenvalue weighted by Crippen LogP contribution is -2.14. The molecule has 1 fully saturated rings. The Morgan fingerprint density at radius 1 is 1.44 bits per heavy atom. The Hall–Kier alpha value is -1.13. The third kappa shape index (κ3) is 2.22. The van der Waals surface area contributed by atoms with Crippen molar-refractivity contribution in [3.05, 3.63) is 44.9 Å². The predicted molar refractivity (Wildman–Crippen MR) is 72.0 cm³/mol. The Morgan fingerprint density at radius 3 is 2.89 bits per heavy atom. The zero-order valence-corrected chi connectivity index (χ0v) is 11.4. The Labute approximate surface area is 113 Å². The first-order valence-electron chi connectivity index (χ1n) is 5.81. The van der Waals surface area contributed by atoms with Crippen molar-refractivity contribution in [1.82, 2.24) is 4.57 Å². The number of benzene rings is 1. The summed E-state index contributed by atoms with van der Waals surface area (Å²) in [7, 11) is 0. The highest BCUT2D eigenvalue weighted by Gasteiger charge is 2.25. The molecule has 0 radical (unpaired) electrons. The molecule has 0 saturated heterocycles. The standard InChI is InChI=1S/C13H12ClFN2S/c1-8-7-18-13(17(8)10-3-4-10)16-9-2-5-11(14)12(15)6-9/h2,5-7,10H,3-4H2,1H3. The van der Waals surface area contributed by atoms with Gasteiger partial charge < -0.3 is 4.57 Å². The van der Waals surface area contributed by atoms with E-state index in [1.165, 1.54) is 30.7 Å². The van der Waals surface area contributed by atoms with E-state index in [1.807, 2.05) is 0 Å². The predicted octanol–water partition coefficient (Wildman–Crippen LogP) is 4.22. The number of aromatic nitrogens is 1. The Morgan fingerprint density at radius 2 is 2.22 bits per heavy atom. The van der Waals surface area contributed by atoms with Gasteiger partial charge in [0.2, 0.25) is 0 Å². The first-order valence-corrected chi connectivity index (χ1v) is 7.07. The minimum absolute atomic E-state index is 0.131. The molecule has 0 aliphatic heterocycles. The molecule has 0 spiro atoms. The van der Waals surface area contributed by atoms with Crippen LogP contribution in [0.1, 0.15) is 24.6 Å². The Kier molecular flexibility index (Phi) is 2.99. The van der Waals surface area contributed by atoms with Crippen LogP contribution < -0.4 is 4.80 Å². The molecule has 1 aromatic carbocycles. The SMILES string of the molecule is Cc1csc(=Nc2ccc(Cl)c(F)c2)n1C1CC1. The maximum absolute atomic E-state index is 13.4. The van der Waals surface area contributed by atoms with Crippen LogP contribution in [0.3, 0.4) is 0 Å². The summed E-state index contributed by atoms with van der Waals surface area (Å²) in [6.45, 7) is 2.08. The van der Waals surface area contributed by atoms with Crippen LogP contribution in [0.5, 0.6) is 0 Å². The second-order valence-electron chi connectivity index (χ2n) is 4.47. The van der Waals surface area contributed by atoms with E-state index < -0.39 is 5.82 Å². The maximum Gasteiger partial charge on any atom is 0.190 e. The molecule has 3 rings (SSSR count). The second-order valence-corrected chi connectivity index (χ2v) is 5.71. The summed E-state index contributed by atoms with van der Waals surface area (Å²) in [6.07, 6.45) is 2.42. The van der Waals surface area contributed by atoms with E-state index in [2.05, 4.69) is 21.9 Å². The van der Waals surface area contributed by atoms with Gasteiger partial charge in [-0.15, -0.1) is 11.3 Å². The highest BCUT2D eigenvalue weighted by atomic mass is 35.5. The maximum atomic E-state index is 13.4. The lowest BCUT2D eigenvalue weighted by atomic mass is 10.3. The molecule has 94 valence electrons. The number of hydrogen-bond donors (Lipinski definition) is 0. The summed E-state index contributed by atoms with van der Waals surface area (Å²) in [5.41, 5.74) is 1.82. The highest BCUT2D eigenvalue weighted by Crippen LogP contribution is 2.35. The van der Waals surface area contributed by atoms with Gasteiger partial charge in [0.25, 0.3) is 0 Å². The first kappa shape index (κ1) is 11.9. The van der Waals surface area contributed by atoms with Gasteiger partial charge in [0, 0.05) is 23.2 Å². The summed E-state index contributed by atoms with van der Waals surface area (Å²) in [6, 6.07) is 5.22. The van der Waals surface area contributed by atoms with Crippen molar-refractivity contribution in [2.45, 2.75) is 25.8 Å². The number of rotatable bonds is 2. The van der Waals surface area contributed by atoms with Crippen molar-refractivity contribution < 1.29 is 4.39 Å². The molecule has 2 nitrogen and oxygen atoms in total. The first-order chi connectivity index (χ1) is 8.65. The van der Waals surface area contributed by atoms with Gasteiger partial charge in [0.15, 0.2) is 4.80 Å². The van der Waals surface area contributed by atoms with Crippen LogP contribution in [0.15, 0.2) is 28.6 Å². The fourth-order valence-corrected chi connectivity index (χ4v) is 3.00. The lowest BCUT2D eigenvalue weighted by Gasteiger charge is -2.02. The van der Waals surface area contributed by atoms with Crippen LogP contribution in [0.25, 0.3) is 0 Å². The summed E-state index contributed by atoms with van der Waals surface area (Å²) < 4.78 is 15.6. The molecule has 1 aromatic heterocycles. The minimum Gasteiger partial charge on any atom is -0.318 e. The molecule has 1 aliphatic carbocycles. The van der Waals surface area contributed by atoms with E-state index in [4.69, 9.17) is 11.6 Å². The van der Waals surface area contributed by atoms with Gasteiger partial charge >= 0.3 is 0 Å². The third-order valence-electron chi connectivity index (χ3n) is 2.96. The van der Waals surface area contributed by atoms with Gasteiger partial charge in [-0.2, -0.15) is 0 Å². The second kappa shape index (κ2) is 4.52. The number of halogens is 2. The van der Waals surface area contributed by atoms with Crippen LogP contribution in [-0.2, 0) is 0 Å².